The lowest BCUT2D eigenvalue weighted by atomic mass is 9.94. The number of ketones is 1. The lowest BCUT2D eigenvalue weighted by Crippen LogP contribution is -2.07. The second-order valence-corrected chi connectivity index (χ2v) is 7.36. The van der Waals surface area contributed by atoms with Gasteiger partial charge in [0.2, 0.25) is 0 Å². The molecule has 3 rings (SSSR count). The van der Waals surface area contributed by atoms with Crippen LogP contribution in [0.1, 0.15) is 52.4 Å². The molecule has 148 valence electrons. The van der Waals surface area contributed by atoms with E-state index in [0.29, 0.717) is 11.1 Å². The summed E-state index contributed by atoms with van der Waals surface area (Å²) >= 11 is 0. The molecule has 0 saturated heterocycles. The van der Waals surface area contributed by atoms with Crippen LogP contribution in [0.15, 0.2) is 60.8 Å². The SMILES string of the molecule is CCCCn1cc(/C=C/C=O)c(C(=O)c2ccccc2)c1-c1ccc(C)cc1C. The maximum atomic E-state index is 13.6. The van der Waals surface area contributed by atoms with E-state index in [-0.39, 0.29) is 5.78 Å². The molecule has 0 bridgehead atoms. The highest BCUT2D eigenvalue weighted by Crippen LogP contribution is 2.34. The summed E-state index contributed by atoms with van der Waals surface area (Å²) in [6.45, 7) is 7.13. The van der Waals surface area contributed by atoms with Crippen molar-refractivity contribution in [3.8, 4) is 11.3 Å². The average molecular weight is 386 g/mol. The molecule has 0 saturated carbocycles. The Kier molecular flexibility index (Phi) is 6.61. The number of hydrogen-bond acceptors (Lipinski definition) is 2. The van der Waals surface area contributed by atoms with Crippen molar-refractivity contribution in [2.45, 2.75) is 40.2 Å². The summed E-state index contributed by atoms with van der Waals surface area (Å²) in [5, 5.41) is 0. The number of aryl methyl sites for hydroxylation is 3. The molecule has 0 aliphatic rings. The molecule has 0 amide bonds. The molecular formula is C26H27NO2. The first kappa shape index (κ1) is 20.5. The standard InChI is InChI=1S/C26H27NO2/c1-4-5-15-27-18-22(12-9-16-28)24(26(29)21-10-7-6-8-11-21)25(27)23-14-13-19(2)17-20(23)3/h6-14,16-18H,4-5,15H2,1-3H3/b12-9+. The van der Waals surface area contributed by atoms with Gasteiger partial charge in [0.25, 0.3) is 0 Å². The summed E-state index contributed by atoms with van der Waals surface area (Å²) in [6.07, 6.45) is 8.01. The Morgan fingerprint density at radius 1 is 1.07 bits per heavy atom. The number of benzene rings is 2. The summed E-state index contributed by atoms with van der Waals surface area (Å²) in [6, 6.07) is 15.6. The van der Waals surface area contributed by atoms with Gasteiger partial charge in [-0.15, -0.1) is 0 Å². The van der Waals surface area contributed by atoms with E-state index in [9.17, 15) is 9.59 Å². The Bertz CT molecular complexity index is 1040. The Labute approximate surface area is 172 Å². The number of unbranched alkanes of at least 4 members (excludes halogenated alkanes) is 1. The molecule has 0 aliphatic carbocycles. The minimum absolute atomic E-state index is 0.0265. The number of hydrogen-bond donors (Lipinski definition) is 0. The molecule has 0 spiro atoms. The molecule has 0 unspecified atom stereocenters. The first-order valence-corrected chi connectivity index (χ1v) is 10.1. The van der Waals surface area contributed by atoms with Crippen LogP contribution in [0.3, 0.4) is 0 Å². The van der Waals surface area contributed by atoms with Crippen molar-refractivity contribution in [2.24, 2.45) is 0 Å². The Morgan fingerprint density at radius 3 is 2.48 bits per heavy atom. The summed E-state index contributed by atoms with van der Waals surface area (Å²) in [5.41, 5.74) is 6.37. The highest BCUT2D eigenvalue weighted by Gasteiger charge is 2.24. The van der Waals surface area contributed by atoms with Crippen molar-refractivity contribution in [1.82, 2.24) is 4.57 Å². The number of carbonyl (C=O) groups is 2. The topological polar surface area (TPSA) is 39.1 Å². The van der Waals surface area contributed by atoms with Crippen molar-refractivity contribution in [2.75, 3.05) is 0 Å². The van der Waals surface area contributed by atoms with Crippen molar-refractivity contribution in [3.63, 3.8) is 0 Å². The van der Waals surface area contributed by atoms with Crippen molar-refractivity contribution < 1.29 is 9.59 Å². The summed E-state index contributed by atoms with van der Waals surface area (Å²) in [7, 11) is 0. The second kappa shape index (κ2) is 9.33. The van der Waals surface area contributed by atoms with Crippen molar-refractivity contribution >= 4 is 18.1 Å². The Hall–Kier alpha value is -3.20. The zero-order valence-electron chi connectivity index (χ0n) is 17.3. The Morgan fingerprint density at radius 2 is 1.83 bits per heavy atom. The monoisotopic (exact) mass is 385 g/mol. The van der Waals surface area contributed by atoms with Gasteiger partial charge in [-0.25, -0.2) is 0 Å². The predicted octanol–water partition coefficient (Wildman–Crippen LogP) is 6.02. The van der Waals surface area contributed by atoms with Crippen LogP contribution in [0, 0.1) is 13.8 Å². The summed E-state index contributed by atoms with van der Waals surface area (Å²) in [4.78, 5) is 24.5. The van der Waals surface area contributed by atoms with Crippen LogP contribution in [-0.4, -0.2) is 16.6 Å². The number of carbonyl (C=O) groups excluding carboxylic acids is 2. The molecule has 1 aromatic heterocycles. The number of allylic oxidation sites excluding steroid dienone is 1. The van der Waals surface area contributed by atoms with Gasteiger partial charge in [0.1, 0.15) is 6.29 Å². The highest BCUT2D eigenvalue weighted by atomic mass is 16.1. The van der Waals surface area contributed by atoms with E-state index in [1.54, 1.807) is 6.08 Å². The minimum Gasteiger partial charge on any atom is -0.346 e. The van der Waals surface area contributed by atoms with E-state index < -0.39 is 0 Å². The van der Waals surface area contributed by atoms with Gasteiger partial charge >= 0.3 is 0 Å². The van der Waals surface area contributed by atoms with Crippen LogP contribution in [0.2, 0.25) is 0 Å². The first-order chi connectivity index (χ1) is 14.1. The van der Waals surface area contributed by atoms with Crippen LogP contribution in [0.25, 0.3) is 17.3 Å². The van der Waals surface area contributed by atoms with Crippen LogP contribution < -0.4 is 0 Å². The van der Waals surface area contributed by atoms with Crippen LogP contribution in [0.4, 0.5) is 0 Å². The molecule has 3 nitrogen and oxygen atoms in total. The van der Waals surface area contributed by atoms with E-state index in [1.807, 2.05) is 36.5 Å². The zero-order valence-corrected chi connectivity index (χ0v) is 17.3. The number of aldehydes is 1. The normalized spacial score (nSPS) is 11.1. The van der Waals surface area contributed by atoms with Gasteiger partial charge in [-0.1, -0.05) is 67.4 Å². The molecule has 0 aliphatic heterocycles. The first-order valence-electron chi connectivity index (χ1n) is 10.1. The van der Waals surface area contributed by atoms with Crippen LogP contribution in [0.5, 0.6) is 0 Å². The Balaban J connectivity index is 2.29. The molecule has 3 heteroatoms. The lowest BCUT2D eigenvalue weighted by Gasteiger charge is -2.14. The molecule has 0 fully saturated rings. The number of nitrogens with zero attached hydrogens (tertiary/aromatic N) is 1. The molecular weight excluding hydrogens is 358 g/mol. The maximum absolute atomic E-state index is 13.6. The largest absolute Gasteiger partial charge is 0.346 e. The summed E-state index contributed by atoms with van der Waals surface area (Å²) < 4.78 is 2.17. The van der Waals surface area contributed by atoms with E-state index >= 15 is 0 Å². The summed E-state index contributed by atoms with van der Waals surface area (Å²) in [5.74, 6) is -0.0265. The number of rotatable bonds is 8. The van der Waals surface area contributed by atoms with Gasteiger partial charge < -0.3 is 4.57 Å². The van der Waals surface area contributed by atoms with Gasteiger partial charge in [-0.2, -0.15) is 0 Å². The van der Waals surface area contributed by atoms with E-state index in [0.717, 1.165) is 48.1 Å². The van der Waals surface area contributed by atoms with Gasteiger partial charge in [-0.3, -0.25) is 9.59 Å². The fourth-order valence-electron chi connectivity index (χ4n) is 3.69. The lowest BCUT2D eigenvalue weighted by molar-refractivity contribution is -0.104. The molecule has 0 radical (unpaired) electrons. The smallest absolute Gasteiger partial charge is 0.195 e. The quantitative estimate of drug-likeness (QED) is 0.270. The van der Waals surface area contributed by atoms with E-state index in [1.165, 1.54) is 11.6 Å². The van der Waals surface area contributed by atoms with Gasteiger partial charge in [0.15, 0.2) is 5.78 Å². The third kappa shape index (κ3) is 4.45. The third-order valence-corrected chi connectivity index (χ3v) is 5.11. The van der Waals surface area contributed by atoms with Gasteiger partial charge in [0, 0.05) is 29.4 Å². The fraction of sp³-hybridized carbons (Fsp3) is 0.231. The van der Waals surface area contributed by atoms with Gasteiger partial charge in [-0.05, 0) is 38.0 Å². The third-order valence-electron chi connectivity index (χ3n) is 5.11. The zero-order chi connectivity index (χ0) is 20.8. The van der Waals surface area contributed by atoms with Gasteiger partial charge in [0.05, 0.1) is 11.3 Å². The fourth-order valence-corrected chi connectivity index (χ4v) is 3.69. The van der Waals surface area contributed by atoms with Crippen molar-refractivity contribution in [3.05, 3.63) is 88.6 Å². The second-order valence-electron chi connectivity index (χ2n) is 7.36. The highest BCUT2D eigenvalue weighted by molar-refractivity contribution is 6.15. The minimum atomic E-state index is -0.0265. The molecule has 2 aromatic carbocycles. The van der Waals surface area contributed by atoms with E-state index in [4.69, 9.17) is 0 Å². The number of aromatic nitrogens is 1. The van der Waals surface area contributed by atoms with Crippen molar-refractivity contribution in [1.29, 1.82) is 0 Å². The van der Waals surface area contributed by atoms with E-state index in [2.05, 4.69) is 43.5 Å². The van der Waals surface area contributed by atoms with Crippen LogP contribution in [-0.2, 0) is 11.3 Å². The van der Waals surface area contributed by atoms with Crippen LogP contribution >= 0.6 is 0 Å². The molecule has 3 aromatic rings. The maximum Gasteiger partial charge on any atom is 0.195 e. The molecule has 29 heavy (non-hydrogen) atoms. The molecule has 0 atom stereocenters. The predicted molar refractivity (Wildman–Crippen MR) is 119 cm³/mol. The molecule has 0 N–H and O–H groups in total. The average Bonchev–Trinajstić information content (AvgIpc) is 3.08. The molecule has 1 heterocycles.